The average Bonchev–Trinajstić information content (AvgIpc) is 2.82. The molecule has 1 aromatic heterocycles. The first-order valence-corrected chi connectivity index (χ1v) is 11.6. The number of carbonyl (C=O) groups excluding carboxylic acids is 2. The summed E-state index contributed by atoms with van der Waals surface area (Å²) >= 11 is 0. The number of amides is 2. The number of rotatable bonds is 7. The van der Waals surface area contributed by atoms with Crippen molar-refractivity contribution in [3.05, 3.63) is 59.4 Å². The first-order valence-electron chi connectivity index (χ1n) is 11.6. The van der Waals surface area contributed by atoms with E-state index in [9.17, 15) is 9.59 Å². The summed E-state index contributed by atoms with van der Waals surface area (Å²) in [4.78, 5) is 36.5. The Labute approximate surface area is 195 Å². The topological polar surface area (TPSA) is 78.0 Å². The Morgan fingerprint density at radius 1 is 1.12 bits per heavy atom. The lowest BCUT2D eigenvalue weighted by Gasteiger charge is -2.38. The van der Waals surface area contributed by atoms with Crippen LogP contribution in [0.3, 0.4) is 0 Å². The van der Waals surface area contributed by atoms with Crippen molar-refractivity contribution < 1.29 is 14.3 Å². The molecule has 3 heterocycles. The summed E-state index contributed by atoms with van der Waals surface area (Å²) in [5, 5.41) is 2.93. The van der Waals surface area contributed by atoms with Gasteiger partial charge in [-0.05, 0) is 36.2 Å². The van der Waals surface area contributed by atoms with Gasteiger partial charge >= 0.3 is 0 Å². The lowest BCUT2D eigenvalue weighted by Crippen LogP contribution is -2.57. The normalized spacial score (nSPS) is 19.9. The van der Waals surface area contributed by atoms with Crippen LogP contribution in [0.5, 0.6) is 5.75 Å². The Bertz CT molecular complexity index is 960. The molecule has 0 saturated carbocycles. The SMILES string of the molecule is COc1ccc(CN2CCNC(=O)C2CC(=O)N2CCN(Cc3ccccn3)CC2)cc1C. The third kappa shape index (κ3) is 5.89. The first-order chi connectivity index (χ1) is 16.0. The van der Waals surface area contributed by atoms with Crippen LogP contribution in [0.15, 0.2) is 42.6 Å². The Balaban J connectivity index is 1.33. The number of benzene rings is 1. The van der Waals surface area contributed by atoms with E-state index in [0.717, 1.165) is 48.7 Å². The minimum absolute atomic E-state index is 0.0467. The van der Waals surface area contributed by atoms with Crippen LogP contribution in [0.25, 0.3) is 0 Å². The highest BCUT2D eigenvalue weighted by Crippen LogP contribution is 2.21. The van der Waals surface area contributed by atoms with E-state index in [0.29, 0.717) is 26.2 Å². The van der Waals surface area contributed by atoms with Crippen LogP contribution in [0.4, 0.5) is 0 Å². The molecule has 8 heteroatoms. The van der Waals surface area contributed by atoms with E-state index in [1.165, 1.54) is 0 Å². The maximum Gasteiger partial charge on any atom is 0.237 e. The number of aromatic nitrogens is 1. The third-order valence-corrected chi connectivity index (χ3v) is 6.49. The molecule has 0 aliphatic carbocycles. The summed E-state index contributed by atoms with van der Waals surface area (Å²) in [5.74, 6) is 0.836. The number of pyridine rings is 1. The van der Waals surface area contributed by atoms with Crippen molar-refractivity contribution in [3.63, 3.8) is 0 Å². The number of nitrogens with zero attached hydrogens (tertiary/aromatic N) is 4. The molecule has 1 N–H and O–H groups in total. The van der Waals surface area contributed by atoms with Gasteiger partial charge in [-0.15, -0.1) is 0 Å². The van der Waals surface area contributed by atoms with Crippen LogP contribution in [0, 0.1) is 6.92 Å². The van der Waals surface area contributed by atoms with E-state index in [1.807, 2.05) is 48.4 Å². The molecule has 2 saturated heterocycles. The molecular weight excluding hydrogens is 418 g/mol. The highest BCUT2D eigenvalue weighted by Gasteiger charge is 2.33. The molecule has 2 aliphatic rings. The van der Waals surface area contributed by atoms with Gasteiger partial charge < -0.3 is 15.0 Å². The molecule has 8 nitrogen and oxygen atoms in total. The van der Waals surface area contributed by atoms with Gasteiger partial charge in [0, 0.05) is 58.6 Å². The number of piperazine rings is 2. The van der Waals surface area contributed by atoms with E-state index in [1.54, 1.807) is 7.11 Å². The molecule has 2 aliphatic heterocycles. The molecular formula is C25H33N5O3. The molecule has 2 fully saturated rings. The van der Waals surface area contributed by atoms with Crippen LogP contribution >= 0.6 is 0 Å². The van der Waals surface area contributed by atoms with Crippen LogP contribution in [0.1, 0.15) is 23.2 Å². The van der Waals surface area contributed by atoms with E-state index < -0.39 is 6.04 Å². The number of carbonyl (C=O) groups is 2. The van der Waals surface area contributed by atoms with Gasteiger partial charge in [-0.3, -0.25) is 24.4 Å². The monoisotopic (exact) mass is 451 g/mol. The van der Waals surface area contributed by atoms with Gasteiger partial charge in [-0.2, -0.15) is 0 Å². The van der Waals surface area contributed by atoms with Gasteiger partial charge in [0.1, 0.15) is 5.75 Å². The summed E-state index contributed by atoms with van der Waals surface area (Å²) in [6.45, 7) is 7.76. The van der Waals surface area contributed by atoms with Gasteiger partial charge in [-0.1, -0.05) is 18.2 Å². The van der Waals surface area contributed by atoms with Gasteiger partial charge in [0.15, 0.2) is 0 Å². The van der Waals surface area contributed by atoms with Crippen molar-refractivity contribution in [1.82, 2.24) is 25.0 Å². The number of hydrogen-bond donors (Lipinski definition) is 1. The number of ether oxygens (including phenoxy) is 1. The number of nitrogens with one attached hydrogen (secondary N) is 1. The Hall–Kier alpha value is -2.97. The molecule has 1 unspecified atom stereocenters. The fourth-order valence-electron chi connectivity index (χ4n) is 4.62. The summed E-state index contributed by atoms with van der Waals surface area (Å²) < 4.78 is 5.35. The highest BCUT2D eigenvalue weighted by atomic mass is 16.5. The van der Waals surface area contributed by atoms with Crippen molar-refractivity contribution in [2.24, 2.45) is 0 Å². The zero-order valence-electron chi connectivity index (χ0n) is 19.5. The van der Waals surface area contributed by atoms with Crippen molar-refractivity contribution in [3.8, 4) is 5.75 Å². The van der Waals surface area contributed by atoms with Crippen LogP contribution in [0.2, 0.25) is 0 Å². The standard InChI is InChI=1S/C25H33N5O3/c1-19-15-20(6-7-23(19)33-2)17-30-10-9-27-25(32)22(30)16-24(31)29-13-11-28(12-14-29)18-21-5-3-4-8-26-21/h3-8,15,22H,9-14,16-18H2,1-2H3,(H,27,32). The zero-order chi connectivity index (χ0) is 23.2. The van der Waals surface area contributed by atoms with E-state index in [-0.39, 0.29) is 18.2 Å². The van der Waals surface area contributed by atoms with Gasteiger partial charge in [0.25, 0.3) is 0 Å². The Kier molecular flexibility index (Phi) is 7.57. The highest BCUT2D eigenvalue weighted by molar-refractivity contribution is 5.88. The van der Waals surface area contributed by atoms with Crippen molar-refractivity contribution in [1.29, 1.82) is 0 Å². The zero-order valence-corrected chi connectivity index (χ0v) is 19.5. The molecule has 1 aromatic carbocycles. The lowest BCUT2D eigenvalue weighted by molar-refractivity contribution is -0.140. The van der Waals surface area contributed by atoms with Gasteiger partial charge in [0.05, 0.1) is 25.3 Å². The summed E-state index contributed by atoms with van der Waals surface area (Å²) in [6, 6.07) is 11.6. The van der Waals surface area contributed by atoms with Gasteiger partial charge in [-0.25, -0.2) is 0 Å². The smallest absolute Gasteiger partial charge is 0.237 e. The molecule has 2 amide bonds. The second-order valence-corrected chi connectivity index (χ2v) is 8.76. The molecule has 0 spiro atoms. The lowest BCUT2D eigenvalue weighted by atomic mass is 10.0. The molecule has 0 bridgehead atoms. The van der Waals surface area contributed by atoms with Crippen molar-refractivity contribution in [2.75, 3.05) is 46.4 Å². The molecule has 1 atom stereocenters. The maximum absolute atomic E-state index is 13.1. The first kappa shape index (κ1) is 23.2. The number of hydrogen-bond acceptors (Lipinski definition) is 6. The quantitative estimate of drug-likeness (QED) is 0.686. The van der Waals surface area contributed by atoms with E-state index in [4.69, 9.17) is 4.74 Å². The van der Waals surface area contributed by atoms with Crippen LogP contribution in [-0.4, -0.2) is 83.9 Å². The number of aryl methyl sites for hydroxylation is 1. The van der Waals surface area contributed by atoms with Crippen molar-refractivity contribution in [2.45, 2.75) is 32.5 Å². The third-order valence-electron chi connectivity index (χ3n) is 6.49. The molecule has 4 rings (SSSR count). The van der Waals surface area contributed by atoms with Crippen LogP contribution < -0.4 is 10.1 Å². The van der Waals surface area contributed by atoms with E-state index in [2.05, 4.69) is 26.2 Å². The molecule has 176 valence electrons. The summed E-state index contributed by atoms with van der Waals surface area (Å²) in [7, 11) is 1.66. The summed E-state index contributed by atoms with van der Waals surface area (Å²) in [6.07, 6.45) is 2.02. The average molecular weight is 452 g/mol. The minimum atomic E-state index is -0.444. The maximum atomic E-state index is 13.1. The van der Waals surface area contributed by atoms with E-state index >= 15 is 0 Å². The van der Waals surface area contributed by atoms with Crippen LogP contribution in [-0.2, 0) is 22.7 Å². The predicted octanol–water partition coefficient (Wildman–Crippen LogP) is 1.43. The fraction of sp³-hybridized carbons (Fsp3) is 0.480. The second-order valence-electron chi connectivity index (χ2n) is 8.76. The van der Waals surface area contributed by atoms with Crippen molar-refractivity contribution >= 4 is 11.8 Å². The predicted molar refractivity (Wildman–Crippen MR) is 126 cm³/mol. The minimum Gasteiger partial charge on any atom is -0.496 e. The second kappa shape index (κ2) is 10.8. The summed E-state index contributed by atoms with van der Waals surface area (Å²) in [5.41, 5.74) is 3.22. The Morgan fingerprint density at radius 2 is 1.94 bits per heavy atom. The Morgan fingerprint density at radius 3 is 2.64 bits per heavy atom. The number of methoxy groups -OCH3 is 1. The molecule has 33 heavy (non-hydrogen) atoms. The molecule has 2 aromatic rings. The van der Waals surface area contributed by atoms with Gasteiger partial charge in [0.2, 0.25) is 11.8 Å². The fourth-order valence-corrected chi connectivity index (χ4v) is 4.62. The molecule has 0 radical (unpaired) electrons. The largest absolute Gasteiger partial charge is 0.496 e.